The van der Waals surface area contributed by atoms with Crippen molar-refractivity contribution in [3.8, 4) is 28.8 Å². The number of nitrogen functional groups attached to an aromatic ring is 1. The van der Waals surface area contributed by atoms with Gasteiger partial charge in [-0.2, -0.15) is 5.10 Å². The van der Waals surface area contributed by atoms with Crippen LogP contribution in [0.2, 0.25) is 0 Å². The van der Waals surface area contributed by atoms with Gasteiger partial charge in [-0.15, -0.1) is 12.4 Å². The van der Waals surface area contributed by atoms with Crippen LogP contribution in [0, 0.1) is 17.7 Å². The molecule has 0 aliphatic carbocycles. The Labute approximate surface area is 223 Å². The highest BCUT2D eigenvalue weighted by atomic mass is 35.5. The molecule has 3 heterocycles. The molecule has 0 fully saturated rings. The van der Waals surface area contributed by atoms with Gasteiger partial charge in [-0.05, 0) is 39.2 Å². The van der Waals surface area contributed by atoms with Gasteiger partial charge in [0.05, 0.1) is 22.9 Å². The van der Waals surface area contributed by atoms with E-state index in [1.165, 1.54) is 23.1 Å². The van der Waals surface area contributed by atoms with Crippen LogP contribution in [-0.4, -0.2) is 50.4 Å². The van der Waals surface area contributed by atoms with Crippen molar-refractivity contribution >= 4 is 40.0 Å². The fraction of sp³-hybridized carbons (Fsp3) is 0.185. The number of nitrogens with two attached hydrogens (primary N) is 1. The summed E-state index contributed by atoms with van der Waals surface area (Å²) in [4.78, 5) is 23.3. The third-order valence-electron chi connectivity index (χ3n) is 5.89. The van der Waals surface area contributed by atoms with Gasteiger partial charge in [-0.25, -0.2) is 23.8 Å². The Morgan fingerprint density at radius 1 is 1.18 bits per heavy atom. The molecule has 5 aromatic rings. The van der Waals surface area contributed by atoms with Gasteiger partial charge in [0, 0.05) is 17.0 Å². The summed E-state index contributed by atoms with van der Waals surface area (Å²) in [7, 11) is 3.82. The van der Waals surface area contributed by atoms with Crippen LogP contribution in [0.25, 0.3) is 33.1 Å². The number of benzene rings is 2. The van der Waals surface area contributed by atoms with E-state index in [-0.39, 0.29) is 29.7 Å². The maximum Gasteiger partial charge on any atom is 0.343 e. The van der Waals surface area contributed by atoms with Crippen LogP contribution < -0.4 is 11.4 Å². The van der Waals surface area contributed by atoms with E-state index in [2.05, 4.69) is 26.9 Å². The molecular weight excluding hydrogens is 511 g/mol. The largest absolute Gasteiger partial charge is 0.508 e. The van der Waals surface area contributed by atoms with Gasteiger partial charge in [0.15, 0.2) is 5.65 Å². The molecule has 194 valence electrons. The van der Waals surface area contributed by atoms with Gasteiger partial charge >= 0.3 is 5.63 Å². The summed E-state index contributed by atoms with van der Waals surface area (Å²) in [5, 5.41) is 16.1. The average Bonchev–Trinajstić information content (AvgIpc) is 3.25. The Morgan fingerprint density at radius 3 is 2.63 bits per heavy atom. The molecule has 0 amide bonds. The number of fused-ring (bicyclic) bond motifs is 2. The number of aromatic nitrogens is 4. The quantitative estimate of drug-likeness (QED) is 0.332. The first-order valence-corrected chi connectivity index (χ1v) is 11.4. The van der Waals surface area contributed by atoms with Crippen molar-refractivity contribution in [1.82, 2.24) is 24.6 Å². The highest BCUT2D eigenvalue weighted by Crippen LogP contribution is 2.35. The van der Waals surface area contributed by atoms with Crippen molar-refractivity contribution in [2.75, 3.05) is 26.4 Å². The monoisotopic (exact) mass is 534 g/mol. The van der Waals surface area contributed by atoms with E-state index < -0.39 is 17.5 Å². The van der Waals surface area contributed by atoms with Gasteiger partial charge < -0.3 is 15.3 Å². The third-order valence-corrected chi connectivity index (χ3v) is 5.89. The Balaban J connectivity index is 0.00000336. The molecule has 9 nitrogen and oxygen atoms in total. The predicted octanol–water partition coefficient (Wildman–Crippen LogP) is 3.97. The van der Waals surface area contributed by atoms with Crippen molar-refractivity contribution < 1.29 is 13.9 Å². The molecule has 1 unspecified atom stereocenters. The molecule has 3 N–H and O–H groups in total. The molecule has 0 aliphatic heterocycles. The van der Waals surface area contributed by atoms with Crippen LogP contribution in [0.3, 0.4) is 0 Å². The minimum Gasteiger partial charge on any atom is -0.508 e. The number of nitrogens with zero attached hydrogens (tertiary/aromatic N) is 5. The van der Waals surface area contributed by atoms with E-state index in [9.17, 15) is 14.3 Å². The number of anilines is 1. The number of hydrogen-bond acceptors (Lipinski definition) is 8. The van der Waals surface area contributed by atoms with Gasteiger partial charge in [-0.1, -0.05) is 30.0 Å². The van der Waals surface area contributed by atoms with E-state index >= 15 is 0 Å². The summed E-state index contributed by atoms with van der Waals surface area (Å²) in [5.41, 5.74) is 7.15. The highest BCUT2D eigenvalue weighted by Gasteiger charge is 2.26. The molecule has 11 heteroatoms. The van der Waals surface area contributed by atoms with Crippen LogP contribution in [0.5, 0.6) is 5.75 Å². The SMILES string of the molecule is CC(c1oc(=O)c2ccccc2c1C#CCN(C)C)n1nc(-c2cc(O)cc(F)c2)c2c(N)ncnc21.Cl. The molecule has 5 rings (SSSR count). The second kappa shape index (κ2) is 10.5. The number of phenolic OH excluding ortho intramolecular Hbond substituents is 1. The molecule has 0 spiro atoms. The molecule has 1 atom stereocenters. The van der Waals surface area contributed by atoms with Gasteiger partial charge in [0.2, 0.25) is 0 Å². The molecular formula is C27H24ClFN6O3. The first-order valence-electron chi connectivity index (χ1n) is 11.4. The van der Waals surface area contributed by atoms with E-state index in [1.807, 2.05) is 31.1 Å². The van der Waals surface area contributed by atoms with Crippen molar-refractivity contribution in [2.24, 2.45) is 0 Å². The van der Waals surface area contributed by atoms with E-state index in [0.717, 1.165) is 6.07 Å². The molecule has 38 heavy (non-hydrogen) atoms. The molecule has 0 saturated heterocycles. The first kappa shape index (κ1) is 26.6. The van der Waals surface area contributed by atoms with Gasteiger partial charge in [0.1, 0.15) is 41.2 Å². The van der Waals surface area contributed by atoms with Crippen LogP contribution >= 0.6 is 12.4 Å². The standard InChI is InChI=1S/C27H23FN6O3.ClH/c1-15(24-20(9-6-10-33(2)3)19-7-4-5-8-21(19)27(36)37-24)34-26-22(25(29)30-14-31-26)23(32-34)16-11-17(28)13-18(35)12-16;/h4-5,7-8,11-15,35H,10H2,1-3H3,(H2,29,30,31);1H. The summed E-state index contributed by atoms with van der Waals surface area (Å²) in [6, 6.07) is 10.1. The summed E-state index contributed by atoms with van der Waals surface area (Å²) >= 11 is 0. The smallest absolute Gasteiger partial charge is 0.343 e. The molecule has 0 radical (unpaired) electrons. The zero-order chi connectivity index (χ0) is 26.3. The minimum absolute atomic E-state index is 0. The Hall–Kier alpha value is -4.46. The van der Waals surface area contributed by atoms with E-state index in [0.29, 0.717) is 45.2 Å². The Bertz CT molecular complexity index is 1770. The first-order chi connectivity index (χ1) is 17.7. The van der Waals surface area contributed by atoms with E-state index in [4.69, 9.17) is 10.2 Å². The fourth-order valence-electron chi connectivity index (χ4n) is 4.22. The van der Waals surface area contributed by atoms with Gasteiger partial charge in [-0.3, -0.25) is 4.90 Å². The number of aromatic hydroxyl groups is 1. The lowest BCUT2D eigenvalue weighted by atomic mass is 10.0. The van der Waals surface area contributed by atoms with Crippen molar-refractivity contribution in [3.63, 3.8) is 0 Å². The zero-order valence-electron chi connectivity index (χ0n) is 20.8. The van der Waals surface area contributed by atoms with Crippen LogP contribution in [0.1, 0.15) is 24.3 Å². The molecule has 3 aromatic heterocycles. The fourth-order valence-corrected chi connectivity index (χ4v) is 4.22. The van der Waals surface area contributed by atoms with Crippen LogP contribution in [0.15, 0.2) is 58.0 Å². The Morgan fingerprint density at radius 2 is 1.92 bits per heavy atom. The Kier molecular flexibility index (Phi) is 7.35. The highest BCUT2D eigenvalue weighted by molar-refractivity contribution is 5.98. The minimum atomic E-state index is -0.659. The molecule has 0 aliphatic rings. The summed E-state index contributed by atoms with van der Waals surface area (Å²) in [5.74, 6) is 5.82. The number of hydrogen-bond donors (Lipinski definition) is 2. The molecule has 2 aromatic carbocycles. The van der Waals surface area contributed by atoms with Crippen LogP contribution in [0.4, 0.5) is 10.2 Å². The third kappa shape index (κ3) is 4.77. The van der Waals surface area contributed by atoms with Crippen LogP contribution in [-0.2, 0) is 0 Å². The summed E-state index contributed by atoms with van der Waals surface area (Å²) in [6.45, 7) is 2.30. The molecule has 0 bridgehead atoms. The number of halogens is 2. The topological polar surface area (TPSA) is 123 Å². The number of phenols is 1. The average molecular weight is 535 g/mol. The lowest BCUT2D eigenvalue weighted by Crippen LogP contribution is -2.15. The van der Waals surface area contributed by atoms with E-state index in [1.54, 1.807) is 19.1 Å². The number of rotatable bonds is 4. The predicted molar refractivity (Wildman–Crippen MR) is 146 cm³/mol. The lowest BCUT2D eigenvalue weighted by Gasteiger charge is -2.15. The lowest BCUT2D eigenvalue weighted by molar-refractivity contribution is 0.402. The second-order valence-electron chi connectivity index (χ2n) is 8.84. The summed E-state index contributed by atoms with van der Waals surface area (Å²) < 4.78 is 21.5. The van der Waals surface area contributed by atoms with Crippen molar-refractivity contribution in [1.29, 1.82) is 0 Å². The molecule has 0 saturated carbocycles. The second-order valence-corrected chi connectivity index (χ2v) is 8.84. The van der Waals surface area contributed by atoms with Crippen molar-refractivity contribution in [2.45, 2.75) is 13.0 Å². The maximum absolute atomic E-state index is 14.1. The zero-order valence-corrected chi connectivity index (χ0v) is 21.6. The normalized spacial score (nSPS) is 11.8. The van der Waals surface area contributed by atoms with Crippen molar-refractivity contribution in [3.05, 3.63) is 76.4 Å². The van der Waals surface area contributed by atoms with Gasteiger partial charge in [0.25, 0.3) is 0 Å². The maximum atomic E-state index is 14.1. The summed E-state index contributed by atoms with van der Waals surface area (Å²) in [6.07, 6.45) is 1.30.